The van der Waals surface area contributed by atoms with E-state index < -0.39 is 0 Å². The number of carbonyl (C=O) groups is 2. The van der Waals surface area contributed by atoms with Gasteiger partial charge in [-0.25, -0.2) is 0 Å². The molecule has 1 aliphatic rings. The zero-order valence-corrected chi connectivity index (χ0v) is 11.3. The lowest BCUT2D eigenvalue weighted by molar-refractivity contribution is -0.134. The normalized spacial score (nSPS) is 22.0. The molecule has 1 saturated heterocycles. The van der Waals surface area contributed by atoms with Crippen LogP contribution in [0.4, 0.5) is 0 Å². The van der Waals surface area contributed by atoms with Gasteiger partial charge in [-0.1, -0.05) is 27.7 Å². The number of carbonyl (C=O) groups excluding carboxylic acids is 2. The van der Waals surface area contributed by atoms with Crippen molar-refractivity contribution in [2.24, 2.45) is 11.8 Å². The quantitative estimate of drug-likeness (QED) is 0.807. The Kier molecular flexibility index (Phi) is 4.97. The fourth-order valence-electron chi connectivity index (χ4n) is 2.15. The molecule has 1 fully saturated rings. The van der Waals surface area contributed by atoms with Crippen LogP contribution in [-0.4, -0.2) is 35.8 Å². The Labute approximate surface area is 104 Å². The van der Waals surface area contributed by atoms with Crippen molar-refractivity contribution in [1.29, 1.82) is 0 Å². The topological polar surface area (TPSA) is 49.4 Å². The van der Waals surface area contributed by atoms with Crippen molar-refractivity contribution in [2.75, 3.05) is 13.1 Å². The summed E-state index contributed by atoms with van der Waals surface area (Å²) in [4.78, 5) is 25.7. The van der Waals surface area contributed by atoms with Gasteiger partial charge in [0.15, 0.2) is 0 Å². The third-order valence-electron chi connectivity index (χ3n) is 2.85. The van der Waals surface area contributed by atoms with E-state index in [0.29, 0.717) is 24.8 Å². The lowest BCUT2D eigenvalue weighted by Crippen LogP contribution is -2.46. The molecule has 1 N–H and O–H groups in total. The van der Waals surface area contributed by atoms with Crippen LogP contribution in [-0.2, 0) is 9.59 Å². The number of nitrogens with one attached hydrogen (secondary N) is 1. The smallest absolute Gasteiger partial charge is 0.245 e. The van der Waals surface area contributed by atoms with Crippen LogP contribution < -0.4 is 5.32 Å². The minimum absolute atomic E-state index is 0.00439. The molecule has 0 aromatic rings. The minimum Gasteiger partial charge on any atom is -0.344 e. The molecule has 17 heavy (non-hydrogen) atoms. The summed E-state index contributed by atoms with van der Waals surface area (Å²) in [6, 6.07) is -0.330. The van der Waals surface area contributed by atoms with E-state index in [4.69, 9.17) is 0 Å². The van der Waals surface area contributed by atoms with Crippen LogP contribution in [0.1, 0.15) is 40.5 Å². The Morgan fingerprint density at radius 2 is 1.88 bits per heavy atom. The lowest BCUT2D eigenvalue weighted by Gasteiger charge is -2.26. The van der Waals surface area contributed by atoms with E-state index in [1.807, 2.05) is 4.90 Å². The lowest BCUT2D eigenvalue weighted by atomic mass is 10.0. The van der Waals surface area contributed by atoms with Crippen LogP contribution in [0.2, 0.25) is 0 Å². The first kappa shape index (κ1) is 14.0. The van der Waals surface area contributed by atoms with E-state index >= 15 is 0 Å². The minimum atomic E-state index is -0.330. The van der Waals surface area contributed by atoms with E-state index in [1.54, 1.807) is 0 Å². The average molecular weight is 240 g/mol. The molecule has 0 aromatic carbocycles. The molecule has 0 bridgehead atoms. The number of amides is 2. The maximum absolute atomic E-state index is 12.3. The Bertz CT molecular complexity index is 287. The molecule has 1 unspecified atom stereocenters. The molecule has 2 amide bonds. The van der Waals surface area contributed by atoms with E-state index in [1.165, 1.54) is 0 Å². The van der Waals surface area contributed by atoms with Crippen LogP contribution >= 0.6 is 0 Å². The summed E-state index contributed by atoms with van der Waals surface area (Å²) < 4.78 is 0. The highest BCUT2D eigenvalue weighted by atomic mass is 16.2. The van der Waals surface area contributed by atoms with Crippen LogP contribution in [0.5, 0.6) is 0 Å². The molecule has 0 saturated carbocycles. The largest absolute Gasteiger partial charge is 0.344 e. The van der Waals surface area contributed by atoms with Crippen LogP contribution in [0.3, 0.4) is 0 Å². The van der Waals surface area contributed by atoms with Crippen molar-refractivity contribution < 1.29 is 9.59 Å². The molecule has 4 heteroatoms. The zero-order valence-electron chi connectivity index (χ0n) is 11.3. The summed E-state index contributed by atoms with van der Waals surface area (Å²) in [6.45, 7) is 9.60. The molecular formula is C13H24N2O2. The summed E-state index contributed by atoms with van der Waals surface area (Å²) in [5.74, 6) is 0.920. The first-order valence-electron chi connectivity index (χ1n) is 6.48. The van der Waals surface area contributed by atoms with Crippen LogP contribution in [0.25, 0.3) is 0 Å². The maximum atomic E-state index is 12.3. The second-order valence-electron chi connectivity index (χ2n) is 5.68. The molecule has 0 aromatic heterocycles. The fourth-order valence-corrected chi connectivity index (χ4v) is 2.15. The van der Waals surface area contributed by atoms with Gasteiger partial charge < -0.3 is 10.2 Å². The summed E-state index contributed by atoms with van der Waals surface area (Å²) in [5.41, 5.74) is 0. The second-order valence-corrected chi connectivity index (χ2v) is 5.68. The second kappa shape index (κ2) is 6.03. The third kappa shape index (κ3) is 4.36. The molecular weight excluding hydrogens is 216 g/mol. The Morgan fingerprint density at radius 1 is 1.24 bits per heavy atom. The monoisotopic (exact) mass is 240 g/mol. The highest BCUT2D eigenvalue weighted by molar-refractivity contribution is 5.89. The molecule has 1 heterocycles. The van der Waals surface area contributed by atoms with Crippen molar-refractivity contribution in [3.8, 4) is 0 Å². The van der Waals surface area contributed by atoms with Crippen molar-refractivity contribution in [3.63, 3.8) is 0 Å². The third-order valence-corrected chi connectivity index (χ3v) is 2.85. The highest BCUT2D eigenvalue weighted by Gasteiger charge is 2.30. The summed E-state index contributed by atoms with van der Waals surface area (Å²) >= 11 is 0. The van der Waals surface area contributed by atoms with Crippen molar-refractivity contribution in [2.45, 2.75) is 46.6 Å². The number of hydrogen-bond acceptors (Lipinski definition) is 2. The predicted octanol–water partition coefficient (Wildman–Crippen LogP) is 1.41. The SMILES string of the molecule is CC(C)CC1NC(=O)CCN(CC(C)C)C1=O. The predicted molar refractivity (Wildman–Crippen MR) is 67.4 cm³/mol. The average Bonchev–Trinajstić information content (AvgIpc) is 2.30. The van der Waals surface area contributed by atoms with Gasteiger partial charge in [0.1, 0.15) is 6.04 Å². The van der Waals surface area contributed by atoms with Gasteiger partial charge >= 0.3 is 0 Å². The highest BCUT2D eigenvalue weighted by Crippen LogP contribution is 2.13. The van der Waals surface area contributed by atoms with E-state index in [2.05, 4.69) is 33.0 Å². The molecule has 1 aliphatic heterocycles. The molecule has 0 spiro atoms. The molecule has 0 aliphatic carbocycles. The molecule has 4 nitrogen and oxygen atoms in total. The van der Waals surface area contributed by atoms with Gasteiger partial charge in [0.2, 0.25) is 11.8 Å². The van der Waals surface area contributed by atoms with Gasteiger partial charge in [0.25, 0.3) is 0 Å². The molecule has 1 atom stereocenters. The Balaban J connectivity index is 2.73. The maximum Gasteiger partial charge on any atom is 0.245 e. The Hall–Kier alpha value is -1.06. The number of hydrogen-bond donors (Lipinski definition) is 1. The van der Waals surface area contributed by atoms with E-state index in [9.17, 15) is 9.59 Å². The first-order valence-corrected chi connectivity index (χ1v) is 6.48. The fraction of sp³-hybridized carbons (Fsp3) is 0.846. The van der Waals surface area contributed by atoms with Crippen molar-refractivity contribution >= 4 is 11.8 Å². The first-order chi connectivity index (χ1) is 7.90. The van der Waals surface area contributed by atoms with Gasteiger partial charge in [-0.15, -0.1) is 0 Å². The van der Waals surface area contributed by atoms with Gasteiger partial charge in [-0.05, 0) is 18.3 Å². The van der Waals surface area contributed by atoms with Gasteiger partial charge in [-0.3, -0.25) is 9.59 Å². The molecule has 98 valence electrons. The van der Waals surface area contributed by atoms with Crippen molar-refractivity contribution in [3.05, 3.63) is 0 Å². The summed E-state index contributed by atoms with van der Waals surface area (Å²) in [5, 5.41) is 2.83. The zero-order chi connectivity index (χ0) is 13.0. The number of rotatable bonds is 4. The molecule has 0 radical (unpaired) electrons. The number of nitrogens with zero attached hydrogens (tertiary/aromatic N) is 1. The van der Waals surface area contributed by atoms with Gasteiger partial charge in [-0.2, -0.15) is 0 Å². The summed E-state index contributed by atoms with van der Waals surface area (Å²) in [6.07, 6.45) is 1.15. The van der Waals surface area contributed by atoms with Gasteiger partial charge in [0.05, 0.1) is 0 Å². The van der Waals surface area contributed by atoms with Crippen molar-refractivity contribution in [1.82, 2.24) is 10.2 Å². The van der Waals surface area contributed by atoms with E-state index in [0.717, 1.165) is 13.0 Å². The molecule has 1 rings (SSSR count). The van der Waals surface area contributed by atoms with Crippen LogP contribution in [0.15, 0.2) is 0 Å². The Morgan fingerprint density at radius 3 is 2.41 bits per heavy atom. The van der Waals surface area contributed by atoms with Gasteiger partial charge in [0, 0.05) is 19.5 Å². The standard InChI is InChI=1S/C13H24N2O2/c1-9(2)7-11-13(17)15(8-10(3)4)6-5-12(16)14-11/h9-11H,5-8H2,1-4H3,(H,14,16). The van der Waals surface area contributed by atoms with Crippen LogP contribution in [0, 0.1) is 11.8 Å². The summed E-state index contributed by atoms with van der Waals surface area (Å²) in [7, 11) is 0. The van der Waals surface area contributed by atoms with E-state index in [-0.39, 0.29) is 17.9 Å².